The number of nitrogens with zero attached hydrogens (tertiary/aromatic N) is 2. The van der Waals surface area contributed by atoms with Crippen molar-refractivity contribution in [2.45, 2.75) is 12.7 Å². The van der Waals surface area contributed by atoms with Crippen LogP contribution in [0.25, 0.3) is 0 Å². The summed E-state index contributed by atoms with van der Waals surface area (Å²) >= 11 is 13.7. The third-order valence-corrected chi connectivity index (χ3v) is 5.45. The average molecular weight is 379 g/mol. The summed E-state index contributed by atoms with van der Waals surface area (Å²) in [4.78, 5) is 18.9. The number of carbonyl (C=O) groups excluding carboxylic acids is 1. The lowest BCUT2D eigenvalue weighted by Crippen LogP contribution is -2.33. The molecule has 0 N–H and O–H groups in total. The van der Waals surface area contributed by atoms with Crippen molar-refractivity contribution in [2.75, 3.05) is 13.1 Å². The Labute approximate surface area is 155 Å². The quantitative estimate of drug-likeness (QED) is 0.748. The van der Waals surface area contributed by atoms with Gasteiger partial charge in [0, 0.05) is 17.3 Å². The topological polar surface area (TPSA) is 32.7 Å². The third-order valence-electron chi connectivity index (χ3n) is 3.82. The van der Waals surface area contributed by atoms with Crippen LogP contribution in [0, 0.1) is 6.92 Å². The molecule has 0 aromatic heterocycles. The molecule has 0 unspecified atom stereocenters. The zero-order valence-electron chi connectivity index (χ0n) is 13.1. The molecule has 3 nitrogen and oxygen atoms in total. The molecular formula is C18H16Cl2N2OS. The lowest BCUT2D eigenvalue weighted by Gasteiger charge is -2.19. The van der Waals surface area contributed by atoms with Gasteiger partial charge in [-0.05, 0) is 36.2 Å². The van der Waals surface area contributed by atoms with Crippen molar-refractivity contribution in [2.24, 2.45) is 4.99 Å². The molecule has 0 fully saturated rings. The molecule has 0 aliphatic carbocycles. The molecule has 0 radical (unpaired) electrons. The molecule has 0 saturated carbocycles. The van der Waals surface area contributed by atoms with Crippen molar-refractivity contribution in [1.82, 2.24) is 4.90 Å². The second-order valence-electron chi connectivity index (χ2n) is 5.46. The molecule has 24 heavy (non-hydrogen) atoms. The predicted octanol–water partition coefficient (Wildman–Crippen LogP) is 5.05. The third kappa shape index (κ3) is 3.77. The van der Waals surface area contributed by atoms with Crippen LogP contribution in [-0.2, 0) is 5.75 Å². The van der Waals surface area contributed by atoms with Crippen LogP contribution in [0.1, 0.15) is 21.5 Å². The minimum atomic E-state index is -0.156. The normalized spacial score (nSPS) is 14.0. The van der Waals surface area contributed by atoms with Gasteiger partial charge >= 0.3 is 0 Å². The fourth-order valence-corrected chi connectivity index (χ4v) is 3.95. The van der Waals surface area contributed by atoms with E-state index in [1.54, 1.807) is 34.9 Å². The number of hydrogen-bond acceptors (Lipinski definition) is 3. The SMILES string of the molecule is Cc1ccccc1CSC1=NCCN1C(=O)c1cc(Cl)ccc1Cl. The number of aliphatic imine (C=N–C) groups is 1. The van der Waals surface area contributed by atoms with Crippen molar-refractivity contribution < 1.29 is 4.79 Å². The smallest absolute Gasteiger partial charge is 0.261 e. The average Bonchev–Trinajstić information content (AvgIpc) is 3.04. The number of rotatable bonds is 3. The van der Waals surface area contributed by atoms with Crippen LogP contribution in [0.4, 0.5) is 0 Å². The molecule has 1 heterocycles. The number of halogens is 2. The molecule has 1 aliphatic heterocycles. The highest BCUT2D eigenvalue weighted by Gasteiger charge is 2.26. The summed E-state index contributed by atoms with van der Waals surface area (Å²) < 4.78 is 0. The zero-order chi connectivity index (χ0) is 17.1. The van der Waals surface area contributed by atoms with Gasteiger partial charge in [0.25, 0.3) is 5.91 Å². The van der Waals surface area contributed by atoms with Gasteiger partial charge in [0.05, 0.1) is 17.1 Å². The van der Waals surface area contributed by atoms with Crippen molar-refractivity contribution in [3.63, 3.8) is 0 Å². The molecule has 3 rings (SSSR count). The number of benzene rings is 2. The van der Waals surface area contributed by atoms with E-state index in [0.29, 0.717) is 28.7 Å². The molecule has 0 saturated heterocycles. The summed E-state index contributed by atoms with van der Waals surface area (Å²) in [6, 6.07) is 13.1. The van der Waals surface area contributed by atoms with Crippen LogP contribution < -0.4 is 0 Å². The van der Waals surface area contributed by atoms with E-state index in [2.05, 4.69) is 24.0 Å². The fraction of sp³-hybridized carbons (Fsp3) is 0.222. The Bertz CT molecular complexity index is 807. The van der Waals surface area contributed by atoms with Gasteiger partial charge in [0.15, 0.2) is 5.17 Å². The first-order chi connectivity index (χ1) is 11.6. The fourth-order valence-electron chi connectivity index (χ4n) is 2.46. The first-order valence-electron chi connectivity index (χ1n) is 7.55. The standard InChI is InChI=1S/C18H16Cl2N2OS/c1-12-4-2-3-5-13(12)11-24-18-21-8-9-22(18)17(23)15-10-14(19)6-7-16(15)20/h2-7,10H,8-9,11H2,1H3. The lowest BCUT2D eigenvalue weighted by atomic mass is 10.1. The molecule has 1 aliphatic rings. The van der Waals surface area contributed by atoms with E-state index >= 15 is 0 Å². The molecule has 1 amide bonds. The molecule has 2 aromatic carbocycles. The summed E-state index contributed by atoms with van der Waals surface area (Å²) in [5, 5.41) is 1.63. The Morgan fingerprint density at radius 3 is 2.83 bits per heavy atom. The molecule has 2 aromatic rings. The van der Waals surface area contributed by atoms with Crippen LogP contribution in [-0.4, -0.2) is 29.1 Å². The summed E-state index contributed by atoms with van der Waals surface area (Å²) in [5.41, 5.74) is 2.89. The van der Waals surface area contributed by atoms with Crippen molar-refractivity contribution in [3.8, 4) is 0 Å². The number of amides is 1. The Morgan fingerprint density at radius 2 is 2.04 bits per heavy atom. The van der Waals surface area contributed by atoms with E-state index < -0.39 is 0 Å². The molecule has 0 bridgehead atoms. The second kappa shape index (κ2) is 7.60. The van der Waals surface area contributed by atoms with E-state index in [1.165, 1.54) is 11.1 Å². The van der Waals surface area contributed by atoms with Gasteiger partial charge in [-0.3, -0.25) is 14.7 Å². The Kier molecular flexibility index (Phi) is 5.49. The van der Waals surface area contributed by atoms with Crippen molar-refractivity contribution in [1.29, 1.82) is 0 Å². The highest BCUT2D eigenvalue weighted by molar-refractivity contribution is 8.13. The highest BCUT2D eigenvalue weighted by atomic mass is 35.5. The maximum Gasteiger partial charge on any atom is 0.261 e. The number of aryl methyl sites for hydroxylation is 1. The van der Waals surface area contributed by atoms with Crippen molar-refractivity contribution in [3.05, 3.63) is 69.2 Å². The van der Waals surface area contributed by atoms with Crippen LogP contribution in [0.5, 0.6) is 0 Å². The lowest BCUT2D eigenvalue weighted by molar-refractivity contribution is 0.0861. The molecule has 124 valence electrons. The van der Waals surface area contributed by atoms with Gasteiger partial charge in [-0.1, -0.05) is 59.2 Å². The van der Waals surface area contributed by atoms with E-state index in [1.807, 2.05) is 12.1 Å². The van der Waals surface area contributed by atoms with Gasteiger partial charge < -0.3 is 0 Å². The van der Waals surface area contributed by atoms with Crippen LogP contribution in [0.3, 0.4) is 0 Å². The van der Waals surface area contributed by atoms with Gasteiger partial charge in [0.2, 0.25) is 0 Å². The van der Waals surface area contributed by atoms with Crippen molar-refractivity contribution >= 4 is 46.0 Å². The van der Waals surface area contributed by atoms with Crippen LogP contribution >= 0.6 is 35.0 Å². The maximum absolute atomic E-state index is 12.8. The van der Waals surface area contributed by atoms with Gasteiger partial charge in [0.1, 0.15) is 0 Å². The first kappa shape index (κ1) is 17.3. The minimum Gasteiger partial charge on any atom is -0.286 e. The van der Waals surface area contributed by atoms with Crippen LogP contribution in [0.2, 0.25) is 10.0 Å². The molecule has 6 heteroatoms. The zero-order valence-corrected chi connectivity index (χ0v) is 15.5. The summed E-state index contributed by atoms with van der Waals surface area (Å²) in [5.74, 6) is 0.620. The van der Waals surface area contributed by atoms with E-state index in [0.717, 1.165) is 10.9 Å². The Hall–Kier alpha value is -1.49. The van der Waals surface area contributed by atoms with E-state index in [-0.39, 0.29) is 5.91 Å². The molecule has 0 atom stereocenters. The Balaban J connectivity index is 1.74. The monoisotopic (exact) mass is 378 g/mol. The second-order valence-corrected chi connectivity index (χ2v) is 7.25. The summed E-state index contributed by atoms with van der Waals surface area (Å²) in [6.45, 7) is 3.26. The van der Waals surface area contributed by atoms with E-state index in [4.69, 9.17) is 23.2 Å². The molecular weight excluding hydrogens is 363 g/mol. The van der Waals surface area contributed by atoms with Gasteiger partial charge in [-0.25, -0.2) is 0 Å². The van der Waals surface area contributed by atoms with E-state index in [9.17, 15) is 4.79 Å². The minimum absolute atomic E-state index is 0.156. The molecule has 0 spiro atoms. The van der Waals surface area contributed by atoms with Gasteiger partial charge in [-0.2, -0.15) is 0 Å². The summed E-state index contributed by atoms with van der Waals surface area (Å²) in [6.07, 6.45) is 0. The first-order valence-corrected chi connectivity index (χ1v) is 9.29. The number of carbonyl (C=O) groups is 1. The largest absolute Gasteiger partial charge is 0.286 e. The summed E-state index contributed by atoms with van der Waals surface area (Å²) in [7, 11) is 0. The van der Waals surface area contributed by atoms with Crippen LogP contribution in [0.15, 0.2) is 47.5 Å². The number of hydrogen-bond donors (Lipinski definition) is 0. The maximum atomic E-state index is 12.8. The highest BCUT2D eigenvalue weighted by Crippen LogP contribution is 2.26. The number of amidine groups is 1. The van der Waals surface area contributed by atoms with Gasteiger partial charge in [-0.15, -0.1) is 0 Å². The Morgan fingerprint density at radius 1 is 1.25 bits per heavy atom. The predicted molar refractivity (Wildman–Crippen MR) is 102 cm³/mol. The number of thioether (sulfide) groups is 1.